The van der Waals surface area contributed by atoms with E-state index in [4.69, 9.17) is 32.7 Å². The molecule has 2 amide bonds. The third kappa shape index (κ3) is 3.43. The summed E-state index contributed by atoms with van der Waals surface area (Å²) in [6.45, 7) is 0. The summed E-state index contributed by atoms with van der Waals surface area (Å²) in [6.07, 6.45) is 0.0221. The highest BCUT2D eigenvalue weighted by Gasteiger charge is 2.40. The molecule has 1 heterocycles. The molecule has 2 aromatic rings. The molecule has 0 bridgehead atoms. The molecule has 0 unspecified atom stereocenters. The van der Waals surface area contributed by atoms with Crippen LogP contribution in [0.2, 0.25) is 10.0 Å². The average Bonchev–Trinajstić information content (AvgIpc) is 2.91. The molecule has 1 saturated heterocycles. The first kappa shape index (κ1) is 18.4. The lowest BCUT2D eigenvalue weighted by Gasteiger charge is -2.19. The Morgan fingerprint density at radius 3 is 2.46 bits per heavy atom. The van der Waals surface area contributed by atoms with Crippen molar-refractivity contribution in [3.8, 4) is 11.5 Å². The van der Waals surface area contributed by atoms with Gasteiger partial charge in [0.1, 0.15) is 17.5 Å². The molecule has 0 spiro atoms. The lowest BCUT2D eigenvalue weighted by molar-refractivity contribution is -0.121. The van der Waals surface area contributed by atoms with Crippen molar-refractivity contribution >= 4 is 46.4 Å². The largest absolute Gasteiger partial charge is 0.497 e. The molecule has 0 aromatic heterocycles. The first-order valence-electron chi connectivity index (χ1n) is 7.75. The third-order valence-corrected chi connectivity index (χ3v) is 4.77. The number of imide groups is 1. The fourth-order valence-electron chi connectivity index (χ4n) is 2.75. The predicted octanol–water partition coefficient (Wildman–Crippen LogP) is 3.75. The zero-order valence-corrected chi connectivity index (χ0v) is 15.6. The molecule has 8 heteroatoms. The molecule has 0 saturated carbocycles. The lowest BCUT2D eigenvalue weighted by Crippen LogP contribution is -2.35. The number of hydrogen-bond donors (Lipinski definition) is 1. The molecule has 2 aromatic carbocycles. The van der Waals surface area contributed by atoms with E-state index in [9.17, 15) is 9.59 Å². The van der Waals surface area contributed by atoms with Crippen molar-refractivity contribution in [3.05, 3.63) is 46.4 Å². The molecule has 1 aliphatic rings. The van der Waals surface area contributed by atoms with Crippen molar-refractivity contribution in [2.24, 2.45) is 0 Å². The van der Waals surface area contributed by atoms with Crippen LogP contribution in [0.5, 0.6) is 11.5 Å². The van der Waals surface area contributed by atoms with Crippen LogP contribution in [0.1, 0.15) is 6.42 Å². The molecule has 1 N–H and O–H groups in total. The smallest absolute Gasteiger partial charge is 0.256 e. The fourth-order valence-corrected chi connectivity index (χ4v) is 3.05. The highest BCUT2D eigenvalue weighted by atomic mass is 35.5. The summed E-state index contributed by atoms with van der Waals surface area (Å²) in [7, 11) is 2.99. The van der Waals surface area contributed by atoms with E-state index in [1.807, 2.05) is 0 Å². The normalized spacial score (nSPS) is 16.8. The Labute approximate surface area is 160 Å². The predicted molar refractivity (Wildman–Crippen MR) is 101 cm³/mol. The van der Waals surface area contributed by atoms with Gasteiger partial charge >= 0.3 is 0 Å². The monoisotopic (exact) mass is 394 g/mol. The summed E-state index contributed by atoms with van der Waals surface area (Å²) < 4.78 is 10.4. The summed E-state index contributed by atoms with van der Waals surface area (Å²) in [4.78, 5) is 26.4. The number of carbonyl (C=O) groups excluding carboxylic acids is 2. The van der Waals surface area contributed by atoms with Gasteiger partial charge in [-0.1, -0.05) is 23.2 Å². The van der Waals surface area contributed by atoms with E-state index in [1.165, 1.54) is 14.2 Å². The summed E-state index contributed by atoms with van der Waals surface area (Å²) in [5, 5.41) is 3.80. The molecule has 26 heavy (non-hydrogen) atoms. The minimum absolute atomic E-state index is 0.0221. The number of methoxy groups -OCH3 is 2. The van der Waals surface area contributed by atoms with Gasteiger partial charge < -0.3 is 14.8 Å². The van der Waals surface area contributed by atoms with Gasteiger partial charge in [-0.2, -0.15) is 0 Å². The second-order valence-corrected chi connectivity index (χ2v) is 6.45. The van der Waals surface area contributed by atoms with Crippen LogP contribution in [0.4, 0.5) is 11.4 Å². The molecular formula is C18H16Cl2N2O4. The Hall–Kier alpha value is -2.44. The first-order valence-corrected chi connectivity index (χ1v) is 8.50. The van der Waals surface area contributed by atoms with Crippen LogP contribution in [0.25, 0.3) is 0 Å². The van der Waals surface area contributed by atoms with Gasteiger partial charge in [-0.05, 0) is 30.3 Å². The van der Waals surface area contributed by atoms with Crippen LogP contribution in [-0.4, -0.2) is 32.1 Å². The maximum Gasteiger partial charge on any atom is 0.256 e. The highest BCUT2D eigenvalue weighted by Crippen LogP contribution is 2.36. The van der Waals surface area contributed by atoms with Gasteiger partial charge in [-0.25, -0.2) is 4.90 Å². The number of rotatable bonds is 5. The number of hydrogen-bond acceptors (Lipinski definition) is 5. The van der Waals surface area contributed by atoms with E-state index in [-0.39, 0.29) is 18.2 Å². The van der Waals surface area contributed by atoms with Crippen molar-refractivity contribution in [2.45, 2.75) is 12.5 Å². The van der Waals surface area contributed by atoms with E-state index >= 15 is 0 Å². The summed E-state index contributed by atoms with van der Waals surface area (Å²) in [5.74, 6) is 0.247. The molecule has 0 radical (unpaired) electrons. The Morgan fingerprint density at radius 2 is 1.81 bits per heavy atom. The van der Waals surface area contributed by atoms with E-state index in [0.717, 1.165) is 4.90 Å². The molecule has 136 valence electrons. The van der Waals surface area contributed by atoms with Gasteiger partial charge in [0.25, 0.3) is 5.91 Å². The van der Waals surface area contributed by atoms with E-state index in [2.05, 4.69) is 5.32 Å². The van der Waals surface area contributed by atoms with Gasteiger partial charge in [-0.15, -0.1) is 0 Å². The third-order valence-electron chi connectivity index (χ3n) is 4.03. The highest BCUT2D eigenvalue weighted by molar-refractivity contribution is 6.42. The molecule has 1 fully saturated rings. The van der Waals surface area contributed by atoms with Crippen LogP contribution in [0.15, 0.2) is 36.4 Å². The number of amides is 2. The molecule has 1 atom stereocenters. The van der Waals surface area contributed by atoms with Gasteiger partial charge in [0.15, 0.2) is 0 Å². The van der Waals surface area contributed by atoms with Crippen molar-refractivity contribution in [3.63, 3.8) is 0 Å². The summed E-state index contributed by atoms with van der Waals surface area (Å²) in [6, 6.07) is 9.13. The Morgan fingerprint density at radius 1 is 1.04 bits per heavy atom. The SMILES string of the molecule is COc1ccc(N2C(=O)C[C@H](Nc3ccc(Cl)c(Cl)c3)C2=O)c(OC)c1. The minimum atomic E-state index is -0.702. The molecule has 6 nitrogen and oxygen atoms in total. The van der Waals surface area contributed by atoms with Crippen LogP contribution in [0, 0.1) is 0 Å². The first-order chi connectivity index (χ1) is 12.4. The average molecular weight is 395 g/mol. The number of nitrogens with zero attached hydrogens (tertiary/aromatic N) is 1. The van der Waals surface area contributed by atoms with Crippen molar-refractivity contribution in [1.82, 2.24) is 0 Å². The molecule has 0 aliphatic carbocycles. The quantitative estimate of drug-likeness (QED) is 0.781. The fraction of sp³-hybridized carbons (Fsp3) is 0.222. The van der Waals surface area contributed by atoms with Crippen molar-refractivity contribution in [1.29, 1.82) is 0 Å². The topological polar surface area (TPSA) is 67.9 Å². The number of halogens is 2. The summed E-state index contributed by atoms with van der Waals surface area (Å²) >= 11 is 11.9. The second kappa shape index (κ2) is 7.43. The maximum absolute atomic E-state index is 12.8. The number of carbonyl (C=O) groups is 2. The van der Waals surface area contributed by atoms with Gasteiger partial charge in [0, 0.05) is 11.8 Å². The van der Waals surface area contributed by atoms with Crippen LogP contribution in [0.3, 0.4) is 0 Å². The minimum Gasteiger partial charge on any atom is -0.497 e. The molecule has 1 aliphatic heterocycles. The van der Waals surface area contributed by atoms with Crippen molar-refractivity contribution in [2.75, 3.05) is 24.4 Å². The van der Waals surface area contributed by atoms with Crippen LogP contribution >= 0.6 is 23.2 Å². The number of ether oxygens (including phenoxy) is 2. The van der Waals surface area contributed by atoms with Crippen molar-refractivity contribution < 1.29 is 19.1 Å². The van der Waals surface area contributed by atoms with Gasteiger partial charge in [0.05, 0.1) is 36.4 Å². The lowest BCUT2D eigenvalue weighted by atomic mass is 10.2. The zero-order chi connectivity index (χ0) is 18.8. The van der Waals surface area contributed by atoms with E-state index in [1.54, 1.807) is 36.4 Å². The van der Waals surface area contributed by atoms with E-state index < -0.39 is 6.04 Å². The number of nitrogens with one attached hydrogen (secondary N) is 1. The zero-order valence-electron chi connectivity index (χ0n) is 14.1. The Bertz CT molecular complexity index is 872. The second-order valence-electron chi connectivity index (χ2n) is 5.64. The standard InChI is InChI=1S/C18H16Cl2N2O4/c1-25-11-4-6-15(16(8-11)26-2)22-17(23)9-14(18(22)24)21-10-3-5-12(19)13(20)7-10/h3-8,14,21H,9H2,1-2H3/t14-/m0/s1. The number of anilines is 2. The number of benzene rings is 2. The Balaban J connectivity index is 1.86. The molecule has 3 rings (SSSR count). The van der Waals surface area contributed by atoms with Gasteiger partial charge in [-0.3, -0.25) is 9.59 Å². The van der Waals surface area contributed by atoms with Crippen LogP contribution < -0.4 is 19.7 Å². The maximum atomic E-state index is 12.8. The van der Waals surface area contributed by atoms with E-state index in [0.29, 0.717) is 32.9 Å². The summed E-state index contributed by atoms with van der Waals surface area (Å²) in [5.41, 5.74) is 0.982. The van der Waals surface area contributed by atoms with Crippen LogP contribution in [-0.2, 0) is 9.59 Å². The van der Waals surface area contributed by atoms with Gasteiger partial charge in [0.2, 0.25) is 5.91 Å². The molecular weight excluding hydrogens is 379 g/mol. The Kier molecular flexibility index (Phi) is 5.25.